The molecule has 2 aromatic carbocycles. The Morgan fingerprint density at radius 1 is 0.903 bits per heavy atom. The number of hydrogen-bond acceptors (Lipinski definition) is 4. The number of hydrogen-bond donors (Lipinski definition) is 1. The highest BCUT2D eigenvalue weighted by atomic mass is 35.5. The van der Waals surface area contributed by atoms with Crippen molar-refractivity contribution < 1.29 is 9.94 Å². The zero-order valence-electron chi connectivity index (χ0n) is 16.9. The van der Waals surface area contributed by atoms with Crippen molar-refractivity contribution in [2.24, 2.45) is 5.16 Å². The number of pyridine rings is 1. The lowest BCUT2D eigenvalue weighted by Crippen LogP contribution is -2.44. The molecule has 1 N–H and O–H groups in total. The first-order chi connectivity index (χ1) is 15.1. The van der Waals surface area contributed by atoms with Gasteiger partial charge in [-0.05, 0) is 55.5 Å². The van der Waals surface area contributed by atoms with Crippen LogP contribution in [0.2, 0.25) is 10.0 Å². The standard InChI is InChI=1S/C25H22Cl2N2O2/c26-17-10-8-16(9-11-17)19-14-20-22(29-30)15-25(12-4-1-5-13-25)31-24(20)28-23(19)18-6-2-3-7-21(18)27/h2-3,6-11,14,30H,1,4-5,12-13,15H2. The van der Waals surface area contributed by atoms with Gasteiger partial charge in [0.15, 0.2) is 0 Å². The van der Waals surface area contributed by atoms with Gasteiger partial charge in [-0.3, -0.25) is 0 Å². The van der Waals surface area contributed by atoms with E-state index in [-0.39, 0.29) is 5.60 Å². The highest BCUT2D eigenvalue weighted by Gasteiger charge is 2.42. The Balaban J connectivity index is 1.73. The first-order valence-corrected chi connectivity index (χ1v) is 11.3. The molecular formula is C25H22Cl2N2O2. The van der Waals surface area contributed by atoms with Crippen LogP contribution in [-0.4, -0.2) is 21.5 Å². The molecule has 1 aromatic heterocycles. The van der Waals surface area contributed by atoms with Crippen LogP contribution in [-0.2, 0) is 0 Å². The molecule has 5 rings (SSSR count). The van der Waals surface area contributed by atoms with Gasteiger partial charge in [0.2, 0.25) is 5.88 Å². The second-order valence-electron chi connectivity index (χ2n) is 8.29. The fraction of sp³-hybridized carbons (Fsp3) is 0.280. The zero-order valence-corrected chi connectivity index (χ0v) is 18.5. The van der Waals surface area contributed by atoms with Gasteiger partial charge in [0.1, 0.15) is 5.60 Å². The Morgan fingerprint density at radius 2 is 1.65 bits per heavy atom. The lowest BCUT2D eigenvalue weighted by Gasteiger charge is -2.41. The maximum Gasteiger partial charge on any atom is 0.223 e. The van der Waals surface area contributed by atoms with Gasteiger partial charge in [-0.15, -0.1) is 0 Å². The van der Waals surface area contributed by atoms with E-state index < -0.39 is 0 Å². The minimum Gasteiger partial charge on any atom is -0.470 e. The van der Waals surface area contributed by atoms with Gasteiger partial charge in [-0.1, -0.05) is 65.1 Å². The van der Waals surface area contributed by atoms with Crippen molar-refractivity contribution in [3.05, 3.63) is 70.2 Å². The summed E-state index contributed by atoms with van der Waals surface area (Å²) in [5, 5.41) is 14.8. The second-order valence-corrected chi connectivity index (χ2v) is 9.14. The summed E-state index contributed by atoms with van der Waals surface area (Å²) in [4.78, 5) is 4.96. The number of aromatic nitrogens is 1. The Morgan fingerprint density at radius 3 is 2.35 bits per heavy atom. The topological polar surface area (TPSA) is 54.7 Å². The molecule has 6 heteroatoms. The van der Waals surface area contributed by atoms with Crippen molar-refractivity contribution in [1.29, 1.82) is 0 Å². The van der Waals surface area contributed by atoms with Crippen molar-refractivity contribution in [3.63, 3.8) is 0 Å². The van der Waals surface area contributed by atoms with E-state index in [0.717, 1.165) is 53.6 Å². The fourth-order valence-corrected chi connectivity index (χ4v) is 5.05. The van der Waals surface area contributed by atoms with Crippen LogP contribution in [0.1, 0.15) is 44.1 Å². The summed E-state index contributed by atoms with van der Waals surface area (Å²) in [5.41, 5.74) is 4.39. The molecule has 1 saturated carbocycles. The third kappa shape index (κ3) is 3.79. The first kappa shape index (κ1) is 20.3. The molecule has 158 valence electrons. The third-order valence-corrected chi connectivity index (χ3v) is 6.85. The lowest BCUT2D eigenvalue weighted by molar-refractivity contribution is 0.0269. The number of rotatable bonds is 2. The van der Waals surface area contributed by atoms with E-state index >= 15 is 0 Å². The molecule has 0 atom stereocenters. The minimum absolute atomic E-state index is 0.348. The molecule has 31 heavy (non-hydrogen) atoms. The lowest BCUT2D eigenvalue weighted by atomic mass is 9.78. The molecule has 0 bridgehead atoms. The summed E-state index contributed by atoms with van der Waals surface area (Å²) in [5.74, 6) is 0.508. The summed E-state index contributed by atoms with van der Waals surface area (Å²) >= 11 is 12.7. The molecule has 2 aliphatic rings. The van der Waals surface area contributed by atoms with Crippen molar-refractivity contribution in [1.82, 2.24) is 4.98 Å². The molecule has 1 spiro atoms. The number of oxime groups is 1. The van der Waals surface area contributed by atoms with Crippen LogP contribution in [0.3, 0.4) is 0 Å². The van der Waals surface area contributed by atoms with E-state index in [0.29, 0.717) is 28.1 Å². The Bertz CT molecular complexity index is 1150. The molecule has 0 unspecified atom stereocenters. The minimum atomic E-state index is -0.348. The molecule has 0 amide bonds. The van der Waals surface area contributed by atoms with Gasteiger partial charge in [0, 0.05) is 27.6 Å². The molecule has 2 heterocycles. The van der Waals surface area contributed by atoms with Crippen molar-refractivity contribution in [2.75, 3.05) is 0 Å². The smallest absolute Gasteiger partial charge is 0.223 e. The average Bonchev–Trinajstić information content (AvgIpc) is 2.79. The van der Waals surface area contributed by atoms with Gasteiger partial charge in [-0.25, -0.2) is 4.98 Å². The highest BCUT2D eigenvalue weighted by molar-refractivity contribution is 6.33. The largest absolute Gasteiger partial charge is 0.470 e. The van der Waals surface area contributed by atoms with Crippen LogP contribution < -0.4 is 4.74 Å². The number of ether oxygens (including phenoxy) is 1. The molecule has 1 aliphatic carbocycles. The van der Waals surface area contributed by atoms with Crippen LogP contribution in [0.25, 0.3) is 22.4 Å². The van der Waals surface area contributed by atoms with Crippen LogP contribution in [0, 0.1) is 0 Å². The van der Waals surface area contributed by atoms with E-state index in [2.05, 4.69) is 5.16 Å². The number of nitrogens with zero attached hydrogens (tertiary/aromatic N) is 2. The second kappa shape index (κ2) is 8.18. The third-order valence-electron chi connectivity index (χ3n) is 6.27. The summed E-state index contributed by atoms with van der Waals surface area (Å²) in [6, 6.07) is 17.2. The van der Waals surface area contributed by atoms with Gasteiger partial charge in [0.25, 0.3) is 0 Å². The zero-order chi connectivity index (χ0) is 21.4. The maximum atomic E-state index is 9.85. The molecule has 1 aliphatic heterocycles. The number of benzene rings is 2. The SMILES string of the molecule is ON=C1CC2(CCCCC2)Oc2nc(-c3ccccc3Cl)c(-c3ccc(Cl)cc3)cc21. The van der Waals surface area contributed by atoms with Crippen molar-refractivity contribution in [3.8, 4) is 28.3 Å². The van der Waals surface area contributed by atoms with Crippen molar-refractivity contribution >= 4 is 28.9 Å². The summed E-state index contributed by atoms with van der Waals surface area (Å²) < 4.78 is 6.54. The average molecular weight is 453 g/mol. The van der Waals surface area contributed by atoms with Crippen LogP contribution in [0.5, 0.6) is 5.88 Å². The molecule has 3 aromatic rings. The summed E-state index contributed by atoms with van der Waals surface area (Å²) in [6.45, 7) is 0. The molecule has 4 nitrogen and oxygen atoms in total. The first-order valence-electron chi connectivity index (χ1n) is 10.5. The normalized spacial score (nSPS) is 18.6. The van der Waals surface area contributed by atoms with E-state index in [1.165, 1.54) is 6.42 Å². The van der Waals surface area contributed by atoms with Crippen molar-refractivity contribution in [2.45, 2.75) is 44.1 Å². The molecule has 0 saturated heterocycles. The number of fused-ring (bicyclic) bond motifs is 1. The predicted octanol–water partition coefficient (Wildman–Crippen LogP) is 7.39. The van der Waals surface area contributed by atoms with E-state index in [1.807, 2.05) is 54.6 Å². The van der Waals surface area contributed by atoms with Gasteiger partial charge >= 0.3 is 0 Å². The fourth-order valence-electron chi connectivity index (χ4n) is 4.69. The number of halogens is 2. The quantitative estimate of drug-likeness (QED) is 0.325. The van der Waals surface area contributed by atoms with Gasteiger partial charge in [-0.2, -0.15) is 0 Å². The summed E-state index contributed by atoms with van der Waals surface area (Å²) in [7, 11) is 0. The van der Waals surface area contributed by atoms with E-state index in [9.17, 15) is 5.21 Å². The molecular weight excluding hydrogens is 431 g/mol. The predicted molar refractivity (Wildman–Crippen MR) is 125 cm³/mol. The van der Waals surface area contributed by atoms with E-state index in [4.69, 9.17) is 32.9 Å². The Hall–Kier alpha value is -2.56. The van der Waals surface area contributed by atoms with Crippen LogP contribution in [0.4, 0.5) is 0 Å². The van der Waals surface area contributed by atoms with Crippen LogP contribution in [0.15, 0.2) is 59.8 Å². The molecule has 0 radical (unpaired) electrons. The van der Waals surface area contributed by atoms with E-state index in [1.54, 1.807) is 0 Å². The monoisotopic (exact) mass is 452 g/mol. The Kier molecular flexibility index (Phi) is 5.37. The highest BCUT2D eigenvalue weighted by Crippen LogP contribution is 2.45. The molecule has 1 fully saturated rings. The Labute approximate surface area is 191 Å². The van der Waals surface area contributed by atoms with Crippen LogP contribution >= 0.6 is 23.2 Å². The van der Waals surface area contributed by atoms with Gasteiger partial charge < -0.3 is 9.94 Å². The summed E-state index contributed by atoms with van der Waals surface area (Å²) in [6.07, 6.45) is 5.88. The maximum absolute atomic E-state index is 9.85. The van der Waals surface area contributed by atoms with Gasteiger partial charge in [0.05, 0.1) is 17.0 Å².